The van der Waals surface area contributed by atoms with Crippen molar-refractivity contribution in [3.63, 3.8) is 0 Å². The minimum absolute atomic E-state index is 0.0158. The molecule has 1 aliphatic rings. The standard InChI is InChI=1S/C48H78O16P2/c1-3-5-7-8-9-10-11-12-13-14-15-16-17-18-19-20-21-22-28-32-48(54)64-42(39-63-66(58,59)62-37-41(50)36-61-65(55,56)57)38-60-47(53)31-27-24-23-26-30-43-44(46(52)35-45(43)51)34-33-40(49)29-25-6-4-2/h9-10,12-13,15-16,18-19,21-23,26,33-34,40-45,49-51H,3-8,11,14,17,20,24-25,27-32,35-39H2,1-2H3,(H,58,59)(H2,55,56,57)/b10-9-,13-12-,16-15-,19-18-,22-21-,26-23-,34-33+/t40-,41-,42+,43+,44+,45-/m0/s1. The maximum absolute atomic E-state index is 12.7. The monoisotopic (exact) mass is 972 g/mol. The Labute approximate surface area is 392 Å². The summed E-state index contributed by atoms with van der Waals surface area (Å²) in [5, 5.41) is 30.5. The lowest BCUT2D eigenvalue weighted by atomic mass is 9.90. The summed E-state index contributed by atoms with van der Waals surface area (Å²) in [6, 6.07) is 0. The van der Waals surface area contributed by atoms with Gasteiger partial charge in [-0.2, -0.15) is 0 Å². The molecule has 0 aliphatic heterocycles. The maximum Gasteiger partial charge on any atom is 0.472 e. The molecule has 0 amide bonds. The Hall–Kier alpha value is -3.11. The van der Waals surface area contributed by atoms with Gasteiger partial charge in [0.05, 0.1) is 32.0 Å². The van der Waals surface area contributed by atoms with Crippen LogP contribution in [0.4, 0.5) is 0 Å². The van der Waals surface area contributed by atoms with E-state index < -0.39 is 84.3 Å². The second kappa shape index (κ2) is 37.8. The first-order valence-electron chi connectivity index (χ1n) is 23.4. The summed E-state index contributed by atoms with van der Waals surface area (Å²) in [6.07, 6.45) is 36.7. The van der Waals surface area contributed by atoms with E-state index in [9.17, 15) is 43.7 Å². The first-order valence-corrected chi connectivity index (χ1v) is 26.4. The Morgan fingerprint density at radius 3 is 1.83 bits per heavy atom. The van der Waals surface area contributed by atoms with E-state index in [1.54, 1.807) is 12.2 Å². The number of unbranched alkanes of at least 4 members (excludes halogenated alkanes) is 6. The van der Waals surface area contributed by atoms with Crippen molar-refractivity contribution in [2.24, 2.45) is 11.8 Å². The number of phosphoric acid groups is 2. The summed E-state index contributed by atoms with van der Waals surface area (Å²) in [7, 11) is -9.81. The van der Waals surface area contributed by atoms with Crippen LogP contribution in [0.15, 0.2) is 85.1 Å². The summed E-state index contributed by atoms with van der Waals surface area (Å²) in [6.45, 7) is 1.23. The molecule has 1 rings (SSSR count). The Balaban J connectivity index is 2.60. The number of hydrogen-bond donors (Lipinski definition) is 6. The molecule has 7 atom stereocenters. The van der Waals surface area contributed by atoms with Gasteiger partial charge in [-0.25, -0.2) is 9.13 Å². The van der Waals surface area contributed by atoms with Crippen molar-refractivity contribution in [3.05, 3.63) is 85.1 Å². The fourth-order valence-electron chi connectivity index (χ4n) is 6.49. The molecule has 1 saturated carbocycles. The van der Waals surface area contributed by atoms with Gasteiger partial charge in [0.1, 0.15) is 18.5 Å². The number of esters is 2. The minimum atomic E-state index is -4.91. The predicted octanol–water partition coefficient (Wildman–Crippen LogP) is 8.93. The van der Waals surface area contributed by atoms with Crippen LogP contribution in [-0.4, -0.2) is 98.6 Å². The lowest BCUT2D eigenvalue weighted by Crippen LogP contribution is -2.29. The third-order valence-corrected chi connectivity index (χ3v) is 11.6. The van der Waals surface area contributed by atoms with Gasteiger partial charge in [0.25, 0.3) is 0 Å². The number of carbonyl (C=O) groups excluding carboxylic acids is 3. The summed E-state index contributed by atoms with van der Waals surface area (Å²) in [5.41, 5.74) is 0. The number of Topliss-reactive ketones (excluding diaryl/α,β-unsaturated/α-hetero) is 1. The third-order valence-electron chi connectivity index (χ3n) is 10.1. The largest absolute Gasteiger partial charge is 0.472 e. The smallest absolute Gasteiger partial charge is 0.462 e. The van der Waals surface area contributed by atoms with Crippen LogP contribution in [0, 0.1) is 11.8 Å². The van der Waals surface area contributed by atoms with Crippen molar-refractivity contribution < 1.29 is 76.6 Å². The van der Waals surface area contributed by atoms with E-state index in [0.717, 1.165) is 44.9 Å². The number of carbonyl (C=O) groups is 3. The lowest BCUT2D eigenvalue weighted by molar-refractivity contribution is -0.161. The van der Waals surface area contributed by atoms with E-state index in [4.69, 9.17) is 23.8 Å². The fourth-order valence-corrected chi connectivity index (χ4v) is 7.64. The molecule has 376 valence electrons. The summed E-state index contributed by atoms with van der Waals surface area (Å²) in [5.74, 6) is -2.21. The van der Waals surface area contributed by atoms with E-state index in [0.29, 0.717) is 38.5 Å². The van der Waals surface area contributed by atoms with E-state index in [-0.39, 0.29) is 31.0 Å². The first kappa shape index (κ1) is 60.9. The zero-order chi connectivity index (χ0) is 48.9. The third kappa shape index (κ3) is 34.2. The Kier molecular flexibility index (Phi) is 34.9. The topological polar surface area (TPSA) is 253 Å². The van der Waals surface area contributed by atoms with Crippen molar-refractivity contribution in [1.82, 2.24) is 0 Å². The van der Waals surface area contributed by atoms with Gasteiger partial charge in [0, 0.05) is 31.1 Å². The molecule has 18 heteroatoms. The molecule has 1 fully saturated rings. The van der Waals surface area contributed by atoms with Crippen molar-refractivity contribution in [2.45, 2.75) is 160 Å². The maximum atomic E-state index is 12.7. The van der Waals surface area contributed by atoms with E-state index in [1.165, 1.54) is 19.3 Å². The molecule has 1 unspecified atom stereocenters. The molecule has 16 nitrogen and oxygen atoms in total. The molecule has 0 aromatic rings. The molecular formula is C48H78O16P2. The van der Waals surface area contributed by atoms with Gasteiger partial charge in [-0.3, -0.25) is 28.0 Å². The quantitative estimate of drug-likeness (QED) is 0.0145. The van der Waals surface area contributed by atoms with Crippen molar-refractivity contribution in [2.75, 3.05) is 26.4 Å². The van der Waals surface area contributed by atoms with Crippen molar-refractivity contribution >= 4 is 33.4 Å². The highest BCUT2D eigenvalue weighted by molar-refractivity contribution is 7.47. The SMILES string of the molecule is CCCCC/C=C\C/C=C\C/C=C\C/C=C\C/C=C\CCC(=O)O[C@H](COC(=O)CCC/C=C\C[C@H]1[C@@H](O)CC(=O)[C@@H]1/C=C/[C@@H](O)CCCCC)COP(=O)(O)OC[C@@H](O)COP(=O)(O)O. The number of hydrogen-bond acceptors (Lipinski definition) is 13. The summed E-state index contributed by atoms with van der Waals surface area (Å²) >= 11 is 0. The van der Waals surface area contributed by atoms with Crippen molar-refractivity contribution in [3.8, 4) is 0 Å². The highest BCUT2D eigenvalue weighted by Gasteiger charge is 2.39. The molecule has 0 heterocycles. The normalized spacial score (nSPS) is 19.7. The average molecular weight is 973 g/mol. The Bertz CT molecular complexity index is 1650. The van der Waals surface area contributed by atoms with Crippen LogP contribution in [0.25, 0.3) is 0 Å². The Morgan fingerprint density at radius 2 is 1.21 bits per heavy atom. The van der Waals surface area contributed by atoms with Crippen LogP contribution in [0.3, 0.4) is 0 Å². The highest BCUT2D eigenvalue weighted by atomic mass is 31.2. The molecule has 0 bridgehead atoms. The second-order valence-corrected chi connectivity index (χ2v) is 18.8. The number of rotatable bonds is 39. The van der Waals surface area contributed by atoms with E-state index in [2.05, 4.69) is 59.4 Å². The molecule has 0 spiro atoms. The predicted molar refractivity (Wildman–Crippen MR) is 254 cm³/mol. The second-order valence-electron chi connectivity index (χ2n) is 16.1. The molecule has 66 heavy (non-hydrogen) atoms. The molecule has 0 aromatic heterocycles. The zero-order valence-electron chi connectivity index (χ0n) is 39.0. The van der Waals surface area contributed by atoms with Crippen LogP contribution < -0.4 is 0 Å². The van der Waals surface area contributed by atoms with Crippen LogP contribution in [0.5, 0.6) is 0 Å². The van der Waals surface area contributed by atoms with Gasteiger partial charge < -0.3 is 39.5 Å². The molecule has 1 aliphatic carbocycles. The van der Waals surface area contributed by atoms with Gasteiger partial charge in [-0.05, 0) is 70.6 Å². The highest BCUT2D eigenvalue weighted by Crippen LogP contribution is 2.44. The lowest BCUT2D eigenvalue weighted by Gasteiger charge is -2.20. The van der Waals surface area contributed by atoms with E-state index in [1.807, 2.05) is 36.5 Å². The van der Waals surface area contributed by atoms with Gasteiger partial charge in [0.2, 0.25) is 0 Å². The molecule has 0 saturated heterocycles. The number of allylic oxidation sites excluding steroid dienone is 13. The molecule has 0 radical (unpaired) electrons. The van der Waals surface area contributed by atoms with Crippen LogP contribution in [0.1, 0.15) is 136 Å². The van der Waals surface area contributed by atoms with Crippen LogP contribution in [0.2, 0.25) is 0 Å². The van der Waals surface area contributed by atoms with Gasteiger partial charge >= 0.3 is 27.6 Å². The number of ether oxygens (including phenoxy) is 2. The van der Waals surface area contributed by atoms with Gasteiger partial charge in [0.15, 0.2) is 6.10 Å². The average Bonchev–Trinajstić information content (AvgIpc) is 3.54. The fraction of sp³-hybridized carbons (Fsp3) is 0.646. The number of ketones is 1. The number of aliphatic hydroxyl groups excluding tert-OH is 3. The molecular weight excluding hydrogens is 894 g/mol. The van der Waals surface area contributed by atoms with Gasteiger partial charge in [-0.15, -0.1) is 0 Å². The van der Waals surface area contributed by atoms with E-state index >= 15 is 0 Å². The number of aliphatic hydroxyl groups is 3. The summed E-state index contributed by atoms with van der Waals surface area (Å²) in [4.78, 5) is 65.5. The van der Waals surface area contributed by atoms with Crippen LogP contribution in [-0.2, 0) is 46.6 Å². The molecule has 6 N–H and O–H groups in total. The summed E-state index contributed by atoms with van der Waals surface area (Å²) < 4.78 is 47.7. The minimum Gasteiger partial charge on any atom is -0.462 e. The van der Waals surface area contributed by atoms with Crippen molar-refractivity contribution in [1.29, 1.82) is 0 Å². The first-order chi connectivity index (χ1) is 31.6. The van der Waals surface area contributed by atoms with Gasteiger partial charge in [-0.1, -0.05) is 131 Å². The Morgan fingerprint density at radius 1 is 0.667 bits per heavy atom. The zero-order valence-corrected chi connectivity index (χ0v) is 40.8. The van der Waals surface area contributed by atoms with Crippen LogP contribution >= 0.6 is 15.6 Å². The molecule has 0 aromatic carbocycles. The number of phosphoric ester groups is 2.